The summed E-state index contributed by atoms with van der Waals surface area (Å²) in [6.45, 7) is 3.47. The Kier molecular flexibility index (Phi) is 3.28. The molecule has 0 spiro atoms. The first-order valence-electron chi connectivity index (χ1n) is 6.08. The minimum absolute atomic E-state index is 0.398. The highest BCUT2D eigenvalue weighted by atomic mass is 16.5. The van der Waals surface area contributed by atoms with E-state index in [1.807, 2.05) is 0 Å². The minimum Gasteiger partial charge on any atom is -0.375 e. The Balaban J connectivity index is 1.88. The van der Waals surface area contributed by atoms with Gasteiger partial charge in [-0.05, 0) is 44.6 Å². The summed E-state index contributed by atoms with van der Waals surface area (Å²) in [5.41, 5.74) is -0.398. The Hall–Kier alpha value is -0.590. The summed E-state index contributed by atoms with van der Waals surface area (Å²) in [4.78, 5) is 0. The maximum atomic E-state index is 9.33. The second-order valence-electron chi connectivity index (χ2n) is 4.75. The molecule has 0 amide bonds. The first-order valence-corrected chi connectivity index (χ1v) is 6.08. The van der Waals surface area contributed by atoms with Gasteiger partial charge < -0.3 is 4.74 Å². The quantitative estimate of drug-likeness (QED) is 0.724. The molecule has 0 aromatic heterocycles. The van der Waals surface area contributed by atoms with Crippen LogP contribution >= 0.6 is 0 Å². The maximum absolute atomic E-state index is 9.33. The van der Waals surface area contributed by atoms with Crippen molar-refractivity contribution >= 4 is 0 Å². The van der Waals surface area contributed by atoms with E-state index in [9.17, 15) is 5.26 Å². The molecule has 2 aliphatic rings. The molecule has 0 bridgehead atoms. The monoisotopic (exact) mass is 208 g/mol. The molecule has 2 saturated carbocycles. The fourth-order valence-electron chi connectivity index (χ4n) is 2.15. The number of nitriles is 1. The summed E-state index contributed by atoms with van der Waals surface area (Å²) in [5.74, 6) is 0.516. The van der Waals surface area contributed by atoms with E-state index >= 15 is 0 Å². The summed E-state index contributed by atoms with van der Waals surface area (Å²) >= 11 is 0. The molecule has 0 heterocycles. The van der Waals surface area contributed by atoms with Crippen LogP contribution in [-0.4, -0.2) is 24.8 Å². The average molecular weight is 208 g/mol. The van der Waals surface area contributed by atoms with Crippen molar-refractivity contribution in [3.8, 4) is 6.07 Å². The minimum atomic E-state index is -0.398. The van der Waals surface area contributed by atoms with Crippen LogP contribution in [0.15, 0.2) is 0 Å². The Bertz CT molecular complexity index is 253. The molecule has 0 aromatic carbocycles. The topological polar surface area (TPSA) is 45.0 Å². The van der Waals surface area contributed by atoms with Gasteiger partial charge in [0.05, 0.1) is 18.8 Å². The van der Waals surface area contributed by atoms with E-state index in [2.05, 4.69) is 18.3 Å². The van der Waals surface area contributed by atoms with Gasteiger partial charge in [0.2, 0.25) is 0 Å². The SMILES string of the molecule is CCNC(C#N)(COC1CCC1)C1CC1. The molecule has 1 N–H and O–H groups in total. The van der Waals surface area contributed by atoms with E-state index in [0.717, 1.165) is 6.54 Å². The number of hydrogen-bond acceptors (Lipinski definition) is 3. The summed E-state index contributed by atoms with van der Waals surface area (Å²) in [5, 5.41) is 12.7. The number of nitrogens with one attached hydrogen (secondary N) is 1. The third-order valence-corrected chi connectivity index (χ3v) is 3.56. The zero-order valence-electron chi connectivity index (χ0n) is 9.46. The Morgan fingerprint density at radius 2 is 2.13 bits per heavy atom. The van der Waals surface area contributed by atoms with E-state index in [0.29, 0.717) is 18.6 Å². The van der Waals surface area contributed by atoms with Crippen LogP contribution < -0.4 is 5.32 Å². The van der Waals surface area contributed by atoms with E-state index in [-0.39, 0.29) is 0 Å². The second kappa shape index (κ2) is 4.51. The summed E-state index contributed by atoms with van der Waals surface area (Å²) in [6, 6.07) is 2.45. The van der Waals surface area contributed by atoms with Gasteiger partial charge in [0.15, 0.2) is 0 Å². The number of likely N-dealkylation sites (N-methyl/N-ethyl adjacent to an activating group) is 1. The first kappa shape index (κ1) is 10.9. The summed E-state index contributed by atoms with van der Waals surface area (Å²) < 4.78 is 5.80. The highest BCUT2D eigenvalue weighted by molar-refractivity contribution is 5.15. The normalized spacial score (nSPS) is 25.3. The van der Waals surface area contributed by atoms with Crippen molar-refractivity contribution in [3.05, 3.63) is 0 Å². The van der Waals surface area contributed by atoms with E-state index in [1.54, 1.807) is 0 Å². The van der Waals surface area contributed by atoms with Gasteiger partial charge >= 0.3 is 0 Å². The van der Waals surface area contributed by atoms with Gasteiger partial charge in [-0.15, -0.1) is 0 Å². The molecule has 2 rings (SSSR count). The van der Waals surface area contributed by atoms with Crippen LogP contribution in [0.5, 0.6) is 0 Å². The highest BCUT2D eigenvalue weighted by Gasteiger charge is 2.46. The van der Waals surface area contributed by atoms with Gasteiger partial charge in [0.1, 0.15) is 5.54 Å². The highest BCUT2D eigenvalue weighted by Crippen LogP contribution is 2.40. The Morgan fingerprint density at radius 3 is 2.53 bits per heavy atom. The van der Waals surface area contributed by atoms with Crippen LogP contribution in [0.2, 0.25) is 0 Å². The van der Waals surface area contributed by atoms with Crippen LogP contribution in [0.25, 0.3) is 0 Å². The van der Waals surface area contributed by atoms with Crippen molar-refractivity contribution in [2.45, 2.75) is 50.7 Å². The van der Waals surface area contributed by atoms with Crippen molar-refractivity contribution in [2.75, 3.05) is 13.2 Å². The molecule has 1 unspecified atom stereocenters. The van der Waals surface area contributed by atoms with E-state index < -0.39 is 5.54 Å². The molecule has 0 aliphatic heterocycles. The molecule has 3 heteroatoms. The standard InChI is InChI=1S/C12H20N2O/c1-2-14-12(8-13,10-6-7-10)9-15-11-4-3-5-11/h10-11,14H,2-7,9H2,1H3. The van der Waals surface area contributed by atoms with E-state index in [1.165, 1.54) is 32.1 Å². The lowest BCUT2D eigenvalue weighted by atomic mass is 9.93. The molecule has 84 valence electrons. The number of rotatable bonds is 6. The fourth-order valence-corrected chi connectivity index (χ4v) is 2.15. The van der Waals surface area contributed by atoms with Gasteiger partial charge in [-0.3, -0.25) is 5.32 Å². The van der Waals surface area contributed by atoms with Crippen LogP contribution in [-0.2, 0) is 4.74 Å². The maximum Gasteiger partial charge on any atom is 0.133 e. The second-order valence-corrected chi connectivity index (χ2v) is 4.75. The van der Waals surface area contributed by atoms with Crippen LogP contribution in [0.1, 0.15) is 39.0 Å². The van der Waals surface area contributed by atoms with Gasteiger partial charge in [0, 0.05) is 0 Å². The average Bonchev–Trinajstić information content (AvgIpc) is 2.97. The molecule has 1 atom stereocenters. The molecule has 3 nitrogen and oxygen atoms in total. The van der Waals surface area contributed by atoms with Crippen molar-refractivity contribution < 1.29 is 4.74 Å². The Labute approximate surface area is 91.8 Å². The zero-order valence-corrected chi connectivity index (χ0v) is 9.46. The molecular weight excluding hydrogens is 188 g/mol. The molecule has 0 saturated heterocycles. The summed E-state index contributed by atoms with van der Waals surface area (Å²) in [7, 11) is 0. The van der Waals surface area contributed by atoms with Crippen molar-refractivity contribution in [3.63, 3.8) is 0 Å². The number of ether oxygens (including phenoxy) is 1. The van der Waals surface area contributed by atoms with Crippen molar-refractivity contribution in [1.29, 1.82) is 5.26 Å². The summed E-state index contributed by atoms with van der Waals surface area (Å²) in [6.07, 6.45) is 6.42. The van der Waals surface area contributed by atoms with Gasteiger partial charge in [-0.1, -0.05) is 6.92 Å². The van der Waals surface area contributed by atoms with E-state index in [4.69, 9.17) is 4.74 Å². The van der Waals surface area contributed by atoms with Gasteiger partial charge in [0.25, 0.3) is 0 Å². The predicted octanol–water partition coefficient (Wildman–Crippen LogP) is 1.84. The first-order chi connectivity index (χ1) is 7.30. The molecule has 0 radical (unpaired) electrons. The molecule has 0 aromatic rings. The third kappa shape index (κ3) is 2.32. The van der Waals surface area contributed by atoms with Gasteiger partial charge in [-0.25, -0.2) is 0 Å². The van der Waals surface area contributed by atoms with Crippen LogP contribution in [0, 0.1) is 17.2 Å². The third-order valence-electron chi connectivity index (χ3n) is 3.56. The zero-order chi connectivity index (χ0) is 10.7. The smallest absolute Gasteiger partial charge is 0.133 e. The van der Waals surface area contributed by atoms with Crippen molar-refractivity contribution in [1.82, 2.24) is 5.32 Å². The molecular formula is C12H20N2O. The van der Waals surface area contributed by atoms with Gasteiger partial charge in [-0.2, -0.15) is 5.26 Å². The molecule has 15 heavy (non-hydrogen) atoms. The van der Waals surface area contributed by atoms with Crippen LogP contribution in [0.4, 0.5) is 0 Å². The Morgan fingerprint density at radius 1 is 1.40 bits per heavy atom. The number of hydrogen-bond donors (Lipinski definition) is 1. The lowest BCUT2D eigenvalue weighted by Crippen LogP contribution is -2.51. The fraction of sp³-hybridized carbons (Fsp3) is 0.917. The largest absolute Gasteiger partial charge is 0.375 e. The molecule has 2 aliphatic carbocycles. The lowest BCUT2D eigenvalue weighted by Gasteiger charge is -2.32. The molecule has 2 fully saturated rings. The van der Waals surface area contributed by atoms with Crippen molar-refractivity contribution in [2.24, 2.45) is 5.92 Å². The number of nitrogens with zero attached hydrogens (tertiary/aromatic N) is 1. The van der Waals surface area contributed by atoms with Crippen LogP contribution in [0.3, 0.4) is 0 Å². The predicted molar refractivity (Wildman–Crippen MR) is 58.3 cm³/mol. The lowest BCUT2D eigenvalue weighted by molar-refractivity contribution is -0.0232.